The molecule has 0 aromatic rings. The third kappa shape index (κ3) is 23.3. The lowest BCUT2D eigenvalue weighted by Crippen LogP contribution is -2.72. The largest absolute Gasteiger partial charge is 0.481 e. The van der Waals surface area contributed by atoms with E-state index in [1.807, 2.05) is 0 Å². The second-order valence-corrected chi connectivity index (χ2v) is 32.1. The molecule has 0 aromatic carbocycles. The van der Waals surface area contributed by atoms with E-state index in [0.717, 1.165) is 0 Å². The van der Waals surface area contributed by atoms with Gasteiger partial charge in [0.2, 0.25) is 0 Å². The molecule has 60 heteroatoms. The van der Waals surface area contributed by atoms with Gasteiger partial charge in [0.25, 0.3) is 5.79 Å². The molecule has 8 aliphatic rings. The molecule has 0 bridgehead atoms. The van der Waals surface area contributed by atoms with Gasteiger partial charge in [0, 0.05) is 19.5 Å². The molecular formula is C57H103N2O55P3. The maximum absolute atomic E-state index is 13.8. The summed E-state index contributed by atoms with van der Waals surface area (Å²) in [6.45, 7) is -14.2. The third-order valence-corrected chi connectivity index (χ3v) is 23.4. The minimum Gasteiger partial charge on any atom is -0.477 e. The first-order valence-corrected chi connectivity index (χ1v) is 40.1. The van der Waals surface area contributed by atoms with Crippen molar-refractivity contribution in [1.82, 2.24) is 0 Å². The van der Waals surface area contributed by atoms with E-state index in [4.69, 9.17) is 96.1 Å². The standard InChI is InChI=1S/C57H103N2O55P3/c58-1-3-95-115(89,90)113-22(13-67)42-36(84)44(106-52-35(83)31(79)41(21(12-66)100-52)103-49-32(80)26(74)23(71)18(9-63)97-49)48(110-54-46(30(78)29(77)38(101-54)14(68)6-60)108-50-33(81)27(75)24(72)19(10-64)98-50)55(104-42)107-45-37(85)53(102-39(15(69)7-61)47(45)109-51-34(82)28(76)25(73)20(11-65)99-51)105-43-17(112-117(93,94)114-116(91,92)96-4-2-59)5-57(88,56(86)87)111-40(43)16(70)8-62/h14-55,60-85,88H,1-13,58-59H2,(H,86,87)(H,89,90)(H,91,92)(H,93,94)/t14-,15-,16+,17+,18+,19+,20+,21+,22-,23+,24-,25+,26-,27-,28-,29-,30-,31+,32+,33+,34+,35+,36+,37-,38+,39+,40+,41+,42+,43+,44-,45+,46-,47+,48-,49-,50-,51-,52+,53+,54+,55+,57+/m0/s1. The molecule has 8 rings (SSSR count). The van der Waals surface area contributed by atoms with Gasteiger partial charge in [-0.2, -0.15) is 4.31 Å². The van der Waals surface area contributed by atoms with Crippen molar-refractivity contribution >= 4 is 29.4 Å². The zero-order valence-electron chi connectivity index (χ0n) is 60.6. The van der Waals surface area contributed by atoms with Gasteiger partial charge < -0.3 is 240 Å². The van der Waals surface area contributed by atoms with Gasteiger partial charge in [0.15, 0.2) is 44.0 Å². The van der Waals surface area contributed by atoms with Gasteiger partial charge in [0.1, 0.15) is 214 Å². The monoisotopic (exact) mass is 1790 g/mol. The van der Waals surface area contributed by atoms with E-state index in [1.54, 1.807) is 0 Å². The van der Waals surface area contributed by atoms with Crippen molar-refractivity contribution in [3.8, 4) is 0 Å². The number of phosphoric ester groups is 3. The Morgan fingerprint density at radius 2 is 0.744 bits per heavy atom. The Labute approximate surface area is 658 Å². The highest BCUT2D eigenvalue weighted by Gasteiger charge is 2.65. The summed E-state index contributed by atoms with van der Waals surface area (Å²) in [5.41, 5.74) is 10.8. The molecule has 0 aliphatic carbocycles. The van der Waals surface area contributed by atoms with Crippen molar-refractivity contribution in [3.63, 3.8) is 0 Å². The molecule has 46 atom stereocenters. The van der Waals surface area contributed by atoms with Crippen LogP contribution in [-0.4, -0.2) is 506 Å². The molecule has 0 spiro atoms. The first-order chi connectivity index (χ1) is 54.9. The Kier molecular flexibility index (Phi) is 37.0. The lowest BCUT2D eigenvalue weighted by Gasteiger charge is -2.53. The number of aliphatic hydroxyl groups is 27. The molecule has 8 heterocycles. The second-order valence-electron chi connectivity index (χ2n) is 27.7. The van der Waals surface area contributed by atoms with Crippen molar-refractivity contribution in [1.29, 1.82) is 0 Å². The van der Waals surface area contributed by atoms with Crippen LogP contribution in [0.1, 0.15) is 6.42 Å². The summed E-state index contributed by atoms with van der Waals surface area (Å²) in [5.74, 6) is -6.24. The third-order valence-electron chi connectivity index (χ3n) is 19.7. The minimum atomic E-state index is -6.40. The number of aliphatic carboxylic acids is 1. The number of carboxylic acids is 1. The van der Waals surface area contributed by atoms with Gasteiger partial charge in [-0.25, -0.2) is 18.5 Å². The highest BCUT2D eigenvalue weighted by molar-refractivity contribution is 7.61. The van der Waals surface area contributed by atoms with Gasteiger partial charge in [-0.1, -0.05) is 0 Å². The van der Waals surface area contributed by atoms with Crippen molar-refractivity contribution in [2.75, 3.05) is 79.2 Å². The van der Waals surface area contributed by atoms with Gasteiger partial charge in [-0.15, -0.1) is 0 Å². The zero-order valence-corrected chi connectivity index (χ0v) is 63.3. The van der Waals surface area contributed by atoms with Gasteiger partial charge in [-0.3, -0.25) is 18.1 Å². The number of rotatable bonds is 39. The van der Waals surface area contributed by atoms with E-state index >= 15 is 0 Å². The topological polar surface area (TPSA) is 932 Å². The normalized spacial score (nSPS) is 46.4. The van der Waals surface area contributed by atoms with Crippen LogP contribution in [0.15, 0.2) is 0 Å². The molecule has 686 valence electrons. The lowest BCUT2D eigenvalue weighted by atomic mass is 9.91. The van der Waals surface area contributed by atoms with Crippen molar-refractivity contribution in [3.05, 3.63) is 0 Å². The molecule has 0 amide bonds. The first kappa shape index (κ1) is 100. The van der Waals surface area contributed by atoms with E-state index < -0.39 is 378 Å². The number of carboxylic acid groups (broad SMARTS) is 1. The van der Waals surface area contributed by atoms with Crippen LogP contribution in [0.5, 0.6) is 0 Å². The molecule has 0 aromatic heterocycles. The van der Waals surface area contributed by atoms with Crippen LogP contribution < -0.4 is 11.5 Å². The van der Waals surface area contributed by atoms with E-state index in [0.29, 0.717) is 0 Å². The lowest BCUT2D eigenvalue weighted by molar-refractivity contribution is -0.429. The number of hydrogen-bond donors (Lipinski definition) is 33. The van der Waals surface area contributed by atoms with Crippen LogP contribution in [0.3, 0.4) is 0 Å². The molecular weight excluding hydrogens is 1690 g/mol. The SMILES string of the molecule is NCCOP(=O)(O)O[C@@H](CO)[C@H]1O[C@H](O[C@@H]2[C@H](O)[C@@H](O[C@H]3[C@@H]([C@H](O)CO)O[C@@](O)(C(=O)O)C[C@H]3OP(=O)(O)OP(=O)(O)OCCN)O[C@H]([C@@H](O)CO)[C@H]2O[C@@H]2O[C@H](CO)[C@@H](O)[C@H](O)[C@H]2O)[C@@H](O[C@H]2O[C@H]([C@@H](O)CO)[C@@H](O)[C@H](O)[C@@H]2O[C@@H]2O[C@H](CO)[C@H](O)[C@H](O)[C@H]2O)[C@@H](O[C@H]2O[C@H](CO)[C@@H](O[C@@H]3O[C@H](CO)[C@@H](O)[C@H](O)[C@H]3O)[C@H](O)[C@H]2O)[C@@H]1O. The Bertz CT molecular complexity index is 3190. The van der Waals surface area contributed by atoms with Crippen LogP contribution in [0, 0.1) is 0 Å². The molecule has 57 nitrogen and oxygen atoms in total. The van der Waals surface area contributed by atoms with Crippen LogP contribution in [0.2, 0.25) is 0 Å². The summed E-state index contributed by atoms with van der Waals surface area (Å²) in [7, 11) is -18.0. The van der Waals surface area contributed by atoms with Crippen molar-refractivity contribution in [2.24, 2.45) is 11.5 Å². The molecule has 8 saturated heterocycles. The molecule has 0 radical (unpaired) electrons. The van der Waals surface area contributed by atoms with Gasteiger partial charge >= 0.3 is 29.4 Å². The number of hydrogen-bond acceptors (Lipinski definition) is 53. The van der Waals surface area contributed by atoms with Crippen LogP contribution >= 0.6 is 23.5 Å². The van der Waals surface area contributed by atoms with Gasteiger partial charge in [0.05, 0.1) is 66.1 Å². The first-order valence-electron chi connectivity index (χ1n) is 35.6. The van der Waals surface area contributed by atoms with Crippen molar-refractivity contribution in [2.45, 2.75) is 270 Å². The summed E-state index contributed by atoms with van der Waals surface area (Å²) in [6.07, 6.45) is -110. The molecule has 117 heavy (non-hydrogen) atoms. The highest BCUT2D eigenvalue weighted by atomic mass is 31.3. The van der Waals surface area contributed by atoms with Gasteiger partial charge in [-0.05, 0) is 0 Å². The van der Waals surface area contributed by atoms with Crippen LogP contribution in [-0.2, 0) is 112 Å². The summed E-state index contributed by atoms with van der Waals surface area (Å²) < 4.78 is 153. The molecule has 3 unspecified atom stereocenters. The summed E-state index contributed by atoms with van der Waals surface area (Å²) in [6, 6.07) is 0. The summed E-state index contributed by atoms with van der Waals surface area (Å²) in [4.78, 5) is 45.2. The molecule has 35 N–H and O–H groups in total. The fourth-order valence-corrected chi connectivity index (χ4v) is 16.8. The Morgan fingerprint density at radius 1 is 0.376 bits per heavy atom. The Balaban J connectivity index is 1.37. The summed E-state index contributed by atoms with van der Waals surface area (Å²) >= 11 is 0. The molecule has 8 fully saturated rings. The fourth-order valence-electron chi connectivity index (χ4n) is 13.6. The number of carbonyl (C=O) groups is 1. The second kappa shape index (κ2) is 43.0. The van der Waals surface area contributed by atoms with E-state index in [1.165, 1.54) is 0 Å². The number of nitrogens with two attached hydrogens (primary N) is 2. The molecule has 8 aliphatic heterocycles. The van der Waals surface area contributed by atoms with Crippen LogP contribution in [0.25, 0.3) is 0 Å². The number of phosphoric acid groups is 3. The quantitative estimate of drug-likeness (QED) is 0.0254. The Hall–Kier alpha value is -1.92. The Morgan fingerprint density at radius 3 is 1.21 bits per heavy atom. The van der Waals surface area contributed by atoms with Crippen LogP contribution in [0.4, 0.5) is 0 Å². The maximum atomic E-state index is 13.8. The smallest absolute Gasteiger partial charge is 0.477 e. The van der Waals surface area contributed by atoms with E-state index in [-0.39, 0.29) is 0 Å². The highest BCUT2D eigenvalue weighted by Crippen LogP contribution is 2.62. The number of ether oxygens (including phenoxy) is 15. The summed E-state index contributed by atoms with van der Waals surface area (Å²) in [5, 5.41) is 313. The maximum Gasteiger partial charge on any atom is 0.481 e. The number of aliphatic hydroxyl groups excluding tert-OH is 26. The van der Waals surface area contributed by atoms with E-state index in [9.17, 15) is 176 Å². The van der Waals surface area contributed by atoms with E-state index in [2.05, 4.69) is 8.83 Å². The minimum absolute atomic E-state index is 0.560. The predicted molar refractivity (Wildman–Crippen MR) is 352 cm³/mol. The van der Waals surface area contributed by atoms with Crippen molar-refractivity contribution < 1.29 is 270 Å². The average molecular weight is 1790 g/mol. The average Bonchev–Trinajstić information content (AvgIpc) is 0.749. The predicted octanol–water partition coefficient (Wildman–Crippen LogP) is -20.2. The zero-order chi connectivity index (χ0) is 87.2. The fraction of sp³-hybridized carbons (Fsp3) is 0.982. The molecule has 0 saturated carbocycles.